The fourth-order valence-electron chi connectivity index (χ4n) is 4.84. The summed E-state index contributed by atoms with van der Waals surface area (Å²) in [4.78, 5) is 25.2. The lowest BCUT2D eigenvalue weighted by Gasteiger charge is -2.22. The fourth-order valence-corrected chi connectivity index (χ4v) is 4.84. The Labute approximate surface area is 225 Å². The van der Waals surface area contributed by atoms with Gasteiger partial charge in [-0.25, -0.2) is 0 Å². The summed E-state index contributed by atoms with van der Waals surface area (Å²) < 4.78 is 12.3. The number of amides is 1. The van der Waals surface area contributed by atoms with Gasteiger partial charge in [-0.3, -0.25) is 9.59 Å². The third kappa shape index (κ3) is 5.69. The molecule has 3 aromatic rings. The first-order valence-corrected chi connectivity index (χ1v) is 13.2. The maximum Gasteiger partial charge on any atom is 0.313 e. The van der Waals surface area contributed by atoms with Crippen molar-refractivity contribution in [3.8, 4) is 11.5 Å². The number of carboxylic acids is 1. The first kappa shape index (κ1) is 27.2. The number of carboxylic acid groups (broad SMARTS) is 1. The average molecular weight is 516 g/mol. The number of anilines is 1. The lowest BCUT2D eigenvalue weighted by molar-refractivity contribution is -0.142. The van der Waals surface area contributed by atoms with Crippen molar-refractivity contribution in [1.82, 2.24) is 0 Å². The highest BCUT2D eigenvalue weighted by Gasteiger charge is 2.30. The Balaban J connectivity index is 1.53. The standard InChI is InChI=1S/C32H37NO5/c1-7-21-16-29(37-18-26-14-23-11-19(3)9-10-28(23)38-26)22(8-2)15-27(21)30(34)33-25-13-20(4)12-24(17-25)32(5,6)31(35)36/h9-13,15-17,26H,7-8,14,18H2,1-6H3,(H,33,34)(H,35,36)/t26-/m0/s1. The summed E-state index contributed by atoms with van der Waals surface area (Å²) in [6.07, 6.45) is 2.15. The third-order valence-corrected chi connectivity index (χ3v) is 7.27. The second-order valence-electron chi connectivity index (χ2n) is 10.7. The Morgan fingerprint density at radius 2 is 1.74 bits per heavy atom. The average Bonchev–Trinajstić information content (AvgIpc) is 3.28. The predicted octanol–water partition coefficient (Wildman–Crippen LogP) is 6.43. The lowest BCUT2D eigenvalue weighted by Crippen LogP contribution is -2.28. The molecule has 0 radical (unpaired) electrons. The van der Waals surface area contributed by atoms with Crippen LogP contribution in [-0.2, 0) is 29.5 Å². The Kier molecular flexibility index (Phi) is 7.81. The van der Waals surface area contributed by atoms with Crippen molar-refractivity contribution in [2.45, 2.75) is 72.3 Å². The Morgan fingerprint density at radius 1 is 1.00 bits per heavy atom. The monoisotopic (exact) mass is 515 g/mol. The highest BCUT2D eigenvalue weighted by atomic mass is 16.5. The van der Waals surface area contributed by atoms with Gasteiger partial charge in [0.15, 0.2) is 0 Å². The van der Waals surface area contributed by atoms with Gasteiger partial charge in [-0.05, 0) is 98.7 Å². The van der Waals surface area contributed by atoms with E-state index in [9.17, 15) is 14.7 Å². The SMILES string of the molecule is CCc1cc(C(=O)Nc2cc(C)cc(C(C)(C)C(=O)O)c2)c(CC)cc1OC[C@@H]1Cc2cc(C)ccc2O1. The number of carbonyl (C=O) groups is 2. The number of aliphatic carboxylic acids is 1. The van der Waals surface area contributed by atoms with Gasteiger partial charge in [0.05, 0.1) is 5.41 Å². The topological polar surface area (TPSA) is 84.9 Å². The van der Waals surface area contributed by atoms with Crippen LogP contribution in [0.4, 0.5) is 5.69 Å². The van der Waals surface area contributed by atoms with Crippen LogP contribution in [0.3, 0.4) is 0 Å². The molecule has 0 aliphatic carbocycles. The van der Waals surface area contributed by atoms with Crippen LogP contribution in [0.5, 0.6) is 11.5 Å². The van der Waals surface area contributed by atoms with Crippen LogP contribution in [0.1, 0.15) is 71.4 Å². The van der Waals surface area contributed by atoms with Crippen LogP contribution in [0.25, 0.3) is 0 Å². The zero-order valence-corrected chi connectivity index (χ0v) is 23.1. The normalized spacial score (nSPS) is 14.5. The van der Waals surface area contributed by atoms with E-state index in [2.05, 4.69) is 24.4 Å². The predicted molar refractivity (Wildman–Crippen MR) is 150 cm³/mol. The first-order valence-electron chi connectivity index (χ1n) is 13.2. The van der Waals surface area contributed by atoms with Crippen molar-refractivity contribution in [3.63, 3.8) is 0 Å². The summed E-state index contributed by atoms with van der Waals surface area (Å²) >= 11 is 0. The van der Waals surface area contributed by atoms with Gasteiger partial charge >= 0.3 is 5.97 Å². The zero-order chi connectivity index (χ0) is 27.6. The molecule has 6 nitrogen and oxygen atoms in total. The van der Waals surface area contributed by atoms with Crippen molar-refractivity contribution in [2.24, 2.45) is 0 Å². The summed E-state index contributed by atoms with van der Waals surface area (Å²) in [7, 11) is 0. The summed E-state index contributed by atoms with van der Waals surface area (Å²) in [5.74, 6) is 0.557. The van der Waals surface area contributed by atoms with Crippen molar-refractivity contribution >= 4 is 17.6 Å². The molecule has 38 heavy (non-hydrogen) atoms. The van der Waals surface area contributed by atoms with E-state index < -0.39 is 11.4 Å². The maximum absolute atomic E-state index is 13.4. The maximum atomic E-state index is 13.4. The Bertz CT molecular complexity index is 1370. The molecule has 1 heterocycles. The molecule has 0 fully saturated rings. The van der Waals surface area contributed by atoms with E-state index in [1.54, 1.807) is 19.9 Å². The smallest absolute Gasteiger partial charge is 0.313 e. The van der Waals surface area contributed by atoms with Crippen molar-refractivity contribution in [1.29, 1.82) is 0 Å². The molecule has 1 aliphatic heterocycles. The Morgan fingerprint density at radius 3 is 2.42 bits per heavy atom. The molecule has 200 valence electrons. The molecule has 0 unspecified atom stereocenters. The summed E-state index contributed by atoms with van der Waals surface area (Å²) in [6.45, 7) is 11.8. The fraction of sp³-hybridized carbons (Fsp3) is 0.375. The molecular weight excluding hydrogens is 478 g/mol. The number of aryl methyl sites for hydroxylation is 4. The number of nitrogens with one attached hydrogen (secondary N) is 1. The quantitative estimate of drug-likeness (QED) is 0.343. The van der Waals surface area contributed by atoms with Gasteiger partial charge in [-0.15, -0.1) is 0 Å². The van der Waals surface area contributed by atoms with Gasteiger partial charge in [-0.2, -0.15) is 0 Å². The number of fused-ring (bicyclic) bond motifs is 1. The minimum absolute atomic E-state index is 0.0462. The third-order valence-electron chi connectivity index (χ3n) is 7.27. The number of carbonyl (C=O) groups excluding carboxylic acids is 1. The van der Waals surface area contributed by atoms with Crippen molar-refractivity contribution in [3.05, 3.63) is 87.5 Å². The molecule has 0 spiro atoms. The second-order valence-corrected chi connectivity index (χ2v) is 10.7. The van der Waals surface area contributed by atoms with Crippen LogP contribution >= 0.6 is 0 Å². The van der Waals surface area contributed by atoms with Crippen molar-refractivity contribution in [2.75, 3.05) is 11.9 Å². The van der Waals surface area contributed by atoms with Crippen LogP contribution in [-0.4, -0.2) is 29.7 Å². The zero-order valence-electron chi connectivity index (χ0n) is 23.1. The first-order chi connectivity index (χ1) is 18.0. The van der Waals surface area contributed by atoms with Gasteiger partial charge in [0.25, 0.3) is 5.91 Å². The van der Waals surface area contributed by atoms with Crippen LogP contribution < -0.4 is 14.8 Å². The highest BCUT2D eigenvalue weighted by Crippen LogP contribution is 2.32. The van der Waals surface area contributed by atoms with E-state index in [0.717, 1.165) is 34.6 Å². The molecule has 1 amide bonds. The number of hydrogen-bond acceptors (Lipinski definition) is 4. The molecule has 0 saturated carbocycles. The van der Waals surface area contributed by atoms with Crippen LogP contribution in [0, 0.1) is 13.8 Å². The molecule has 3 aromatic carbocycles. The number of hydrogen-bond donors (Lipinski definition) is 2. The van der Waals surface area contributed by atoms with E-state index in [4.69, 9.17) is 9.47 Å². The van der Waals surface area contributed by atoms with Gasteiger partial charge < -0.3 is 19.9 Å². The van der Waals surface area contributed by atoms with Crippen molar-refractivity contribution < 1.29 is 24.2 Å². The summed E-state index contributed by atoms with van der Waals surface area (Å²) in [5.41, 5.74) is 5.89. The molecular formula is C32H37NO5. The van der Waals surface area contributed by atoms with Gasteiger partial charge in [0, 0.05) is 17.7 Å². The molecule has 0 aromatic heterocycles. The van der Waals surface area contributed by atoms with Gasteiger partial charge in [0.2, 0.25) is 0 Å². The van der Waals surface area contributed by atoms with Gasteiger partial charge in [0.1, 0.15) is 24.2 Å². The molecule has 1 aliphatic rings. The van der Waals surface area contributed by atoms with Crippen LogP contribution in [0.15, 0.2) is 48.5 Å². The summed E-state index contributed by atoms with van der Waals surface area (Å²) in [6, 6.07) is 15.5. The lowest BCUT2D eigenvalue weighted by atomic mass is 9.84. The van der Waals surface area contributed by atoms with E-state index in [-0.39, 0.29) is 12.0 Å². The molecule has 2 N–H and O–H groups in total. The van der Waals surface area contributed by atoms with E-state index in [0.29, 0.717) is 36.3 Å². The number of ether oxygens (including phenoxy) is 2. The molecule has 0 bridgehead atoms. The summed E-state index contributed by atoms with van der Waals surface area (Å²) in [5, 5.41) is 12.6. The number of benzene rings is 3. The largest absolute Gasteiger partial charge is 0.489 e. The van der Waals surface area contributed by atoms with E-state index in [1.807, 2.05) is 51.1 Å². The minimum atomic E-state index is -1.07. The highest BCUT2D eigenvalue weighted by molar-refractivity contribution is 6.05. The van der Waals surface area contributed by atoms with Gasteiger partial charge in [-0.1, -0.05) is 37.6 Å². The molecule has 6 heteroatoms. The second kappa shape index (κ2) is 10.9. The van der Waals surface area contributed by atoms with E-state index in [1.165, 1.54) is 11.1 Å². The van der Waals surface area contributed by atoms with Crippen LogP contribution in [0.2, 0.25) is 0 Å². The Hall–Kier alpha value is -3.80. The van der Waals surface area contributed by atoms with E-state index >= 15 is 0 Å². The molecule has 0 saturated heterocycles. The number of rotatable bonds is 9. The minimum Gasteiger partial charge on any atom is -0.489 e. The molecule has 1 atom stereocenters. The molecule has 4 rings (SSSR count).